The molecule has 2 unspecified atom stereocenters. The summed E-state index contributed by atoms with van der Waals surface area (Å²) >= 11 is 0. The second-order valence-corrected chi connectivity index (χ2v) is 3.68. The molecule has 0 spiro atoms. The summed E-state index contributed by atoms with van der Waals surface area (Å²) < 4.78 is 0. The first-order chi connectivity index (χ1) is 7.26. The second-order valence-electron chi connectivity index (χ2n) is 3.68. The lowest BCUT2D eigenvalue weighted by atomic mass is 10.2. The van der Waals surface area contributed by atoms with Crippen LogP contribution >= 0.6 is 0 Å². The maximum Gasteiger partial charge on any atom is 0.121 e. The third-order valence-electron chi connectivity index (χ3n) is 2.29. The quantitative estimate of drug-likeness (QED) is 0.334. The Morgan fingerprint density at radius 3 is 2.40 bits per heavy atom. The summed E-state index contributed by atoms with van der Waals surface area (Å²) in [7, 11) is 0. The standard InChI is InChI=1S/C11H24O4/c1-3-5-6-7-8-14-15-11(4-2)10(13)9-12/h10-13H,3-9H2,1-2H3. The van der Waals surface area contributed by atoms with Crippen LogP contribution in [0.2, 0.25) is 0 Å². The van der Waals surface area contributed by atoms with Crippen molar-refractivity contribution in [3.05, 3.63) is 0 Å². The van der Waals surface area contributed by atoms with E-state index in [4.69, 9.17) is 14.9 Å². The predicted molar refractivity (Wildman–Crippen MR) is 58.4 cm³/mol. The minimum atomic E-state index is -0.856. The van der Waals surface area contributed by atoms with Gasteiger partial charge in [0.05, 0.1) is 13.2 Å². The van der Waals surface area contributed by atoms with Gasteiger partial charge in [-0.2, -0.15) is 0 Å². The first kappa shape index (κ1) is 14.8. The van der Waals surface area contributed by atoms with E-state index in [-0.39, 0.29) is 6.61 Å². The van der Waals surface area contributed by atoms with Gasteiger partial charge in [-0.15, -0.1) is 0 Å². The number of aliphatic hydroxyl groups excluding tert-OH is 2. The van der Waals surface area contributed by atoms with E-state index in [9.17, 15) is 5.11 Å². The molecule has 0 aliphatic carbocycles. The Labute approximate surface area is 92.1 Å². The lowest BCUT2D eigenvalue weighted by Crippen LogP contribution is -2.31. The number of aliphatic hydroxyl groups is 2. The second kappa shape index (κ2) is 10.4. The summed E-state index contributed by atoms with van der Waals surface area (Å²) in [5.41, 5.74) is 0. The van der Waals surface area contributed by atoms with Crippen molar-refractivity contribution in [1.29, 1.82) is 0 Å². The highest BCUT2D eigenvalue weighted by molar-refractivity contribution is 4.64. The van der Waals surface area contributed by atoms with E-state index in [1.165, 1.54) is 12.8 Å². The van der Waals surface area contributed by atoms with Crippen molar-refractivity contribution >= 4 is 0 Å². The number of rotatable bonds is 10. The Kier molecular flexibility index (Phi) is 10.3. The predicted octanol–water partition coefficient (Wildman–Crippen LogP) is 1.65. The molecule has 0 aliphatic rings. The molecule has 0 rings (SSSR count). The summed E-state index contributed by atoms with van der Waals surface area (Å²) in [6.07, 6.45) is 3.85. The zero-order valence-electron chi connectivity index (χ0n) is 9.82. The third kappa shape index (κ3) is 7.73. The van der Waals surface area contributed by atoms with E-state index < -0.39 is 12.2 Å². The molecule has 0 saturated heterocycles. The van der Waals surface area contributed by atoms with E-state index >= 15 is 0 Å². The molecule has 15 heavy (non-hydrogen) atoms. The van der Waals surface area contributed by atoms with Crippen molar-refractivity contribution < 1.29 is 20.0 Å². The normalized spacial score (nSPS) is 15.2. The van der Waals surface area contributed by atoms with Crippen LogP contribution in [-0.2, 0) is 9.78 Å². The molecule has 0 fully saturated rings. The van der Waals surface area contributed by atoms with Gasteiger partial charge in [-0.1, -0.05) is 33.1 Å². The lowest BCUT2D eigenvalue weighted by molar-refractivity contribution is -0.340. The van der Waals surface area contributed by atoms with Gasteiger partial charge in [-0.25, -0.2) is 9.78 Å². The van der Waals surface area contributed by atoms with Gasteiger partial charge in [0.1, 0.15) is 12.2 Å². The molecule has 2 N–H and O–H groups in total. The van der Waals surface area contributed by atoms with Gasteiger partial charge in [0, 0.05) is 0 Å². The van der Waals surface area contributed by atoms with Crippen molar-refractivity contribution in [3.8, 4) is 0 Å². The largest absolute Gasteiger partial charge is 0.394 e. The maximum absolute atomic E-state index is 9.30. The first-order valence-electron chi connectivity index (χ1n) is 5.83. The van der Waals surface area contributed by atoms with E-state index in [1.807, 2.05) is 6.92 Å². The summed E-state index contributed by atoms with van der Waals surface area (Å²) in [4.78, 5) is 10.00. The third-order valence-corrected chi connectivity index (χ3v) is 2.29. The molecule has 4 nitrogen and oxygen atoms in total. The van der Waals surface area contributed by atoms with Crippen molar-refractivity contribution in [3.63, 3.8) is 0 Å². The van der Waals surface area contributed by atoms with Crippen molar-refractivity contribution in [2.45, 2.75) is 58.2 Å². The van der Waals surface area contributed by atoms with Gasteiger partial charge in [0.15, 0.2) is 0 Å². The molecule has 0 bridgehead atoms. The minimum Gasteiger partial charge on any atom is -0.394 e. The highest BCUT2D eigenvalue weighted by atomic mass is 17.2. The Morgan fingerprint density at radius 1 is 1.13 bits per heavy atom. The average molecular weight is 220 g/mol. The fourth-order valence-corrected chi connectivity index (χ4v) is 1.25. The Hall–Kier alpha value is -0.160. The Bertz CT molecular complexity index is 130. The molecule has 0 aromatic carbocycles. The molecule has 0 heterocycles. The zero-order chi connectivity index (χ0) is 11.5. The first-order valence-corrected chi connectivity index (χ1v) is 5.83. The molecule has 4 heteroatoms. The summed E-state index contributed by atoms with van der Waals surface area (Å²) in [5.74, 6) is 0. The fraction of sp³-hybridized carbons (Fsp3) is 1.00. The lowest BCUT2D eigenvalue weighted by Gasteiger charge is -2.18. The van der Waals surface area contributed by atoms with Crippen molar-refractivity contribution in [2.75, 3.05) is 13.2 Å². The van der Waals surface area contributed by atoms with Crippen LogP contribution in [0.25, 0.3) is 0 Å². The SMILES string of the molecule is CCCCCCOOC(CC)C(O)CO. The maximum atomic E-state index is 9.30. The van der Waals surface area contributed by atoms with Crippen LogP contribution in [0.3, 0.4) is 0 Å². The molecule has 0 radical (unpaired) electrons. The highest BCUT2D eigenvalue weighted by Crippen LogP contribution is 2.06. The zero-order valence-corrected chi connectivity index (χ0v) is 9.82. The van der Waals surface area contributed by atoms with E-state index in [2.05, 4.69) is 6.92 Å². The van der Waals surface area contributed by atoms with Crippen molar-refractivity contribution in [2.24, 2.45) is 0 Å². The van der Waals surface area contributed by atoms with Crippen LogP contribution in [0.5, 0.6) is 0 Å². The number of unbranched alkanes of at least 4 members (excludes halogenated alkanes) is 3. The Morgan fingerprint density at radius 2 is 1.87 bits per heavy atom. The smallest absolute Gasteiger partial charge is 0.121 e. The topological polar surface area (TPSA) is 58.9 Å². The van der Waals surface area contributed by atoms with Crippen LogP contribution < -0.4 is 0 Å². The number of hydrogen-bond acceptors (Lipinski definition) is 4. The summed E-state index contributed by atoms with van der Waals surface area (Å²) in [6.45, 7) is 4.29. The van der Waals surface area contributed by atoms with Gasteiger partial charge in [0.2, 0.25) is 0 Å². The molecule has 0 aliphatic heterocycles. The summed E-state index contributed by atoms with van der Waals surface area (Å²) in [5, 5.41) is 18.0. The summed E-state index contributed by atoms with van der Waals surface area (Å²) in [6, 6.07) is 0. The molecule has 0 aromatic rings. The van der Waals surface area contributed by atoms with E-state index in [0.29, 0.717) is 13.0 Å². The van der Waals surface area contributed by atoms with Crippen LogP contribution in [0, 0.1) is 0 Å². The van der Waals surface area contributed by atoms with Crippen LogP contribution in [0.15, 0.2) is 0 Å². The molecule has 0 amide bonds. The molecule has 2 atom stereocenters. The molecule has 0 aromatic heterocycles. The van der Waals surface area contributed by atoms with Gasteiger partial charge in [0.25, 0.3) is 0 Å². The Balaban J connectivity index is 3.38. The van der Waals surface area contributed by atoms with Crippen molar-refractivity contribution in [1.82, 2.24) is 0 Å². The van der Waals surface area contributed by atoms with Crippen LogP contribution in [0.4, 0.5) is 0 Å². The minimum absolute atomic E-state index is 0.294. The number of hydrogen-bond donors (Lipinski definition) is 2. The van der Waals surface area contributed by atoms with Crippen LogP contribution in [0.1, 0.15) is 46.0 Å². The van der Waals surface area contributed by atoms with Gasteiger partial charge in [-0.05, 0) is 12.8 Å². The average Bonchev–Trinajstić information content (AvgIpc) is 2.27. The van der Waals surface area contributed by atoms with Gasteiger partial charge < -0.3 is 10.2 Å². The monoisotopic (exact) mass is 220 g/mol. The fourth-order valence-electron chi connectivity index (χ4n) is 1.25. The highest BCUT2D eigenvalue weighted by Gasteiger charge is 2.17. The molecular formula is C11H24O4. The van der Waals surface area contributed by atoms with Gasteiger partial charge >= 0.3 is 0 Å². The van der Waals surface area contributed by atoms with E-state index in [0.717, 1.165) is 12.8 Å². The molecular weight excluding hydrogens is 196 g/mol. The van der Waals surface area contributed by atoms with Gasteiger partial charge in [-0.3, -0.25) is 0 Å². The van der Waals surface area contributed by atoms with E-state index in [1.54, 1.807) is 0 Å². The molecule has 92 valence electrons. The molecule has 0 saturated carbocycles. The van der Waals surface area contributed by atoms with Crippen LogP contribution in [-0.4, -0.2) is 35.6 Å².